The van der Waals surface area contributed by atoms with E-state index < -0.39 is 17.7 Å². The number of pyridine rings is 1. The molecule has 0 unspecified atom stereocenters. The van der Waals surface area contributed by atoms with Crippen LogP contribution < -0.4 is 0 Å². The van der Waals surface area contributed by atoms with E-state index in [2.05, 4.69) is 15.2 Å². The molecule has 0 aliphatic heterocycles. The third kappa shape index (κ3) is 3.38. The Kier molecular flexibility index (Phi) is 4.66. The van der Waals surface area contributed by atoms with Crippen LogP contribution in [0, 0.1) is 13.8 Å². The first kappa shape index (κ1) is 18.9. The summed E-state index contributed by atoms with van der Waals surface area (Å²) in [4.78, 5) is 16.2. The third-order valence-electron chi connectivity index (χ3n) is 4.28. The number of alkyl halides is 3. The van der Waals surface area contributed by atoms with Gasteiger partial charge in [0.05, 0.1) is 35.1 Å². The number of aryl methyl sites for hydroxylation is 2. The Balaban J connectivity index is 2.27. The maximum atomic E-state index is 13.7. The zero-order chi connectivity index (χ0) is 19.9. The summed E-state index contributed by atoms with van der Waals surface area (Å²) in [6.07, 6.45) is -3.14. The molecule has 3 aromatic heterocycles. The van der Waals surface area contributed by atoms with E-state index in [4.69, 9.17) is 4.74 Å². The molecule has 0 saturated carbocycles. The van der Waals surface area contributed by atoms with Crippen LogP contribution in [0.3, 0.4) is 0 Å². The number of halogens is 3. The van der Waals surface area contributed by atoms with E-state index in [1.54, 1.807) is 25.6 Å². The zero-order valence-corrected chi connectivity index (χ0v) is 15.3. The lowest BCUT2D eigenvalue weighted by Gasteiger charge is -2.11. The first-order valence-corrected chi connectivity index (χ1v) is 8.23. The van der Waals surface area contributed by atoms with Crippen molar-refractivity contribution in [2.75, 3.05) is 6.61 Å². The first-order valence-electron chi connectivity index (χ1n) is 8.23. The van der Waals surface area contributed by atoms with Gasteiger partial charge in [0, 0.05) is 18.3 Å². The lowest BCUT2D eigenvalue weighted by Crippen LogP contribution is -2.15. The fourth-order valence-corrected chi connectivity index (χ4v) is 2.90. The Morgan fingerprint density at radius 2 is 2.00 bits per heavy atom. The van der Waals surface area contributed by atoms with Crippen LogP contribution in [0.5, 0.6) is 0 Å². The summed E-state index contributed by atoms with van der Waals surface area (Å²) >= 11 is 0. The molecule has 3 heterocycles. The van der Waals surface area contributed by atoms with E-state index in [1.165, 1.54) is 13.1 Å². The van der Waals surface area contributed by atoms with Gasteiger partial charge in [-0.1, -0.05) is 0 Å². The molecular weight excluding hydrogens is 363 g/mol. The number of rotatable bonds is 4. The molecule has 0 bridgehead atoms. The van der Waals surface area contributed by atoms with Crippen LogP contribution >= 0.6 is 0 Å². The Hall–Kier alpha value is -2.91. The van der Waals surface area contributed by atoms with Gasteiger partial charge in [-0.3, -0.25) is 9.48 Å². The minimum atomic E-state index is -4.60. The standard InChI is InChI=1S/C17H18F3N5O2/c1-5-27-14(26)8-25-16-15(9(2)23-25)12(17(18,19)20)6-13(22-16)11-7-21-24(4)10(11)3/h6-7H,5,8H2,1-4H3. The molecule has 144 valence electrons. The highest BCUT2D eigenvalue weighted by Gasteiger charge is 2.36. The van der Waals surface area contributed by atoms with Crippen molar-refractivity contribution in [2.45, 2.75) is 33.5 Å². The average molecular weight is 381 g/mol. The van der Waals surface area contributed by atoms with Gasteiger partial charge in [-0.25, -0.2) is 9.67 Å². The maximum absolute atomic E-state index is 13.7. The van der Waals surface area contributed by atoms with Crippen LogP contribution in [0.25, 0.3) is 22.3 Å². The topological polar surface area (TPSA) is 74.8 Å². The molecule has 0 N–H and O–H groups in total. The van der Waals surface area contributed by atoms with Crippen molar-refractivity contribution in [1.29, 1.82) is 0 Å². The van der Waals surface area contributed by atoms with Gasteiger partial charge < -0.3 is 4.74 Å². The molecule has 10 heteroatoms. The van der Waals surface area contributed by atoms with E-state index in [1.807, 2.05) is 0 Å². The number of ether oxygens (including phenoxy) is 1. The van der Waals surface area contributed by atoms with Gasteiger partial charge >= 0.3 is 12.1 Å². The predicted octanol–water partition coefficient (Wildman–Crippen LogP) is 3.03. The number of nitrogens with zero attached hydrogens (tertiary/aromatic N) is 5. The monoisotopic (exact) mass is 381 g/mol. The summed E-state index contributed by atoms with van der Waals surface area (Å²) in [5.74, 6) is -0.597. The summed E-state index contributed by atoms with van der Waals surface area (Å²) in [5, 5.41) is 8.02. The Morgan fingerprint density at radius 3 is 2.56 bits per heavy atom. The molecule has 0 aliphatic carbocycles. The van der Waals surface area contributed by atoms with Gasteiger partial charge in [-0.05, 0) is 26.8 Å². The maximum Gasteiger partial charge on any atom is 0.417 e. The van der Waals surface area contributed by atoms with Crippen molar-refractivity contribution in [2.24, 2.45) is 7.05 Å². The van der Waals surface area contributed by atoms with Gasteiger partial charge in [0.15, 0.2) is 5.65 Å². The third-order valence-corrected chi connectivity index (χ3v) is 4.28. The van der Waals surface area contributed by atoms with Crippen LogP contribution in [0.2, 0.25) is 0 Å². The second-order valence-electron chi connectivity index (χ2n) is 6.07. The molecule has 0 amide bonds. The summed E-state index contributed by atoms with van der Waals surface area (Å²) in [6.45, 7) is 4.68. The van der Waals surface area contributed by atoms with E-state index in [9.17, 15) is 18.0 Å². The smallest absolute Gasteiger partial charge is 0.417 e. The molecule has 0 aliphatic rings. The van der Waals surface area contributed by atoms with E-state index in [-0.39, 0.29) is 35.6 Å². The van der Waals surface area contributed by atoms with Gasteiger partial charge in [0.25, 0.3) is 0 Å². The number of fused-ring (bicyclic) bond motifs is 1. The second kappa shape index (κ2) is 6.67. The lowest BCUT2D eigenvalue weighted by molar-refractivity contribution is -0.144. The molecule has 27 heavy (non-hydrogen) atoms. The minimum absolute atomic E-state index is 0.0198. The number of carbonyl (C=O) groups excluding carboxylic acids is 1. The van der Waals surface area contributed by atoms with Gasteiger partial charge in [-0.2, -0.15) is 23.4 Å². The minimum Gasteiger partial charge on any atom is -0.465 e. The summed E-state index contributed by atoms with van der Waals surface area (Å²) in [5.41, 5.74) is 0.538. The summed E-state index contributed by atoms with van der Waals surface area (Å²) in [7, 11) is 1.69. The summed E-state index contributed by atoms with van der Waals surface area (Å²) < 4.78 is 48.7. The average Bonchev–Trinajstić information content (AvgIpc) is 3.07. The van der Waals surface area contributed by atoms with Gasteiger partial charge in [-0.15, -0.1) is 0 Å². The lowest BCUT2D eigenvalue weighted by atomic mass is 10.1. The van der Waals surface area contributed by atoms with Gasteiger partial charge in [0.1, 0.15) is 6.54 Å². The van der Waals surface area contributed by atoms with Crippen LogP contribution in [0.15, 0.2) is 12.3 Å². The van der Waals surface area contributed by atoms with Crippen molar-refractivity contribution in [1.82, 2.24) is 24.5 Å². The van der Waals surface area contributed by atoms with E-state index in [0.29, 0.717) is 11.3 Å². The zero-order valence-electron chi connectivity index (χ0n) is 15.3. The molecule has 0 aromatic carbocycles. The van der Waals surface area contributed by atoms with Crippen LogP contribution in [-0.4, -0.2) is 37.1 Å². The molecule has 7 nitrogen and oxygen atoms in total. The van der Waals surface area contributed by atoms with Crippen molar-refractivity contribution in [3.8, 4) is 11.3 Å². The van der Waals surface area contributed by atoms with Crippen molar-refractivity contribution in [3.05, 3.63) is 29.2 Å². The Morgan fingerprint density at radius 1 is 1.30 bits per heavy atom. The van der Waals surface area contributed by atoms with Crippen molar-refractivity contribution in [3.63, 3.8) is 0 Å². The molecule has 0 saturated heterocycles. The molecule has 0 fully saturated rings. The van der Waals surface area contributed by atoms with Crippen LogP contribution in [0.4, 0.5) is 13.2 Å². The molecule has 3 rings (SSSR count). The number of hydrogen-bond acceptors (Lipinski definition) is 5. The summed E-state index contributed by atoms with van der Waals surface area (Å²) in [6, 6.07) is 0.996. The molecule has 0 spiro atoms. The number of hydrogen-bond donors (Lipinski definition) is 0. The van der Waals surface area contributed by atoms with Crippen molar-refractivity contribution < 1.29 is 22.7 Å². The highest BCUT2D eigenvalue weighted by molar-refractivity contribution is 5.86. The normalized spacial score (nSPS) is 12.0. The fourth-order valence-electron chi connectivity index (χ4n) is 2.90. The quantitative estimate of drug-likeness (QED) is 0.650. The number of aromatic nitrogens is 5. The van der Waals surface area contributed by atoms with E-state index in [0.717, 1.165) is 10.7 Å². The molecule has 0 radical (unpaired) electrons. The van der Waals surface area contributed by atoms with Crippen LogP contribution in [0.1, 0.15) is 23.9 Å². The van der Waals surface area contributed by atoms with Crippen molar-refractivity contribution >= 4 is 17.0 Å². The highest BCUT2D eigenvalue weighted by atomic mass is 19.4. The largest absolute Gasteiger partial charge is 0.465 e. The SMILES string of the molecule is CCOC(=O)Cn1nc(C)c2c(C(F)(F)F)cc(-c3cnn(C)c3C)nc21. The molecular formula is C17H18F3N5O2. The van der Waals surface area contributed by atoms with Crippen LogP contribution in [-0.2, 0) is 29.3 Å². The highest BCUT2D eigenvalue weighted by Crippen LogP contribution is 2.38. The first-order chi connectivity index (χ1) is 12.6. The fraction of sp³-hybridized carbons (Fsp3) is 0.412. The molecule has 0 atom stereocenters. The molecule has 3 aromatic rings. The van der Waals surface area contributed by atoms with E-state index >= 15 is 0 Å². The second-order valence-corrected chi connectivity index (χ2v) is 6.07. The van der Waals surface area contributed by atoms with Gasteiger partial charge in [0.2, 0.25) is 0 Å². The Bertz CT molecular complexity index is 1020. The Labute approximate surface area is 152 Å². The number of carbonyl (C=O) groups is 1. The predicted molar refractivity (Wildman–Crippen MR) is 90.8 cm³/mol. The number of esters is 1.